The third kappa shape index (κ3) is 4.43. The highest BCUT2D eigenvalue weighted by Gasteiger charge is 2.17. The standard InChI is InChI=1S/C43H26N2OS2/c1-3-9-28(10-4-1)43-44-42-39(48-43)24-23-37-41(42)35-25-29(17-22-36(35)46-37)27-15-18-31(19-16-27)45(30-11-5-2-6-12-30)32-20-21-34-33-13-7-8-14-38(33)47-40(34)26-32/h1-26H. The van der Waals surface area contributed by atoms with Gasteiger partial charge in [-0.15, -0.1) is 22.7 Å². The van der Waals surface area contributed by atoms with E-state index in [1.165, 1.54) is 20.2 Å². The first-order valence-electron chi connectivity index (χ1n) is 15.9. The molecule has 0 atom stereocenters. The summed E-state index contributed by atoms with van der Waals surface area (Å²) >= 11 is 3.57. The number of aromatic nitrogens is 1. The van der Waals surface area contributed by atoms with E-state index in [4.69, 9.17) is 9.40 Å². The summed E-state index contributed by atoms with van der Waals surface area (Å²) in [5, 5.41) is 5.80. The SMILES string of the molecule is c1ccc(-c2nc3c(ccc4oc5ccc(-c6ccc(N(c7ccccc7)c7ccc8c(c7)sc7ccccc78)cc6)cc5c43)s2)cc1. The van der Waals surface area contributed by atoms with E-state index >= 15 is 0 Å². The fraction of sp³-hybridized carbons (Fsp3) is 0. The normalized spacial score (nSPS) is 11.8. The molecule has 0 aliphatic rings. The average Bonchev–Trinajstić information content (AvgIpc) is 3.85. The van der Waals surface area contributed by atoms with Gasteiger partial charge in [0.1, 0.15) is 16.2 Å². The van der Waals surface area contributed by atoms with Crippen molar-refractivity contribution in [3.63, 3.8) is 0 Å². The Hall–Kier alpha value is -5.75. The van der Waals surface area contributed by atoms with Crippen molar-refractivity contribution >= 4 is 92.1 Å². The van der Waals surface area contributed by atoms with Crippen LogP contribution in [0, 0.1) is 0 Å². The van der Waals surface area contributed by atoms with E-state index in [2.05, 4.69) is 157 Å². The van der Waals surface area contributed by atoms with Gasteiger partial charge in [-0.2, -0.15) is 0 Å². The molecule has 10 rings (SSSR count). The lowest BCUT2D eigenvalue weighted by molar-refractivity contribution is 0.669. The van der Waals surface area contributed by atoms with Gasteiger partial charge in [0, 0.05) is 48.2 Å². The Morgan fingerprint density at radius 2 is 1.12 bits per heavy atom. The van der Waals surface area contributed by atoms with Crippen LogP contribution in [0.4, 0.5) is 17.1 Å². The molecule has 0 N–H and O–H groups in total. The first kappa shape index (κ1) is 27.4. The first-order valence-corrected chi connectivity index (χ1v) is 17.6. The van der Waals surface area contributed by atoms with Crippen molar-refractivity contribution in [1.82, 2.24) is 4.98 Å². The molecule has 226 valence electrons. The summed E-state index contributed by atoms with van der Waals surface area (Å²) in [5.74, 6) is 0. The second-order valence-electron chi connectivity index (χ2n) is 12.0. The fourth-order valence-electron chi connectivity index (χ4n) is 6.82. The Morgan fingerprint density at radius 1 is 0.438 bits per heavy atom. The zero-order valence-electron chi connectivity index (χ0n) is 25.6. The third-order valence-electron chi connectivity index (χ3n) is 9.11. The maximum absolute atomic E-state index is 6.32. The Labute approximate surface area is 284 Å². The van der Waals surface area contributed by atoms with Gasteiger partial charge in [0.15, 0.2) is 0 Å². The predicted octanol–water partition coefficient (Wildman–Crippen LogP) is 13.4. The minimum atomic E-state index is 0.865. The van der Waals surface area contributed by atoms with Gasteiger partial charge in [0.2, 0.25) is 0 Å². The second-order valence-corrected chi connectivity index (χ2v) is 14.1. The van der Waals surface area contributed by atoms with Crippen LogP contribution in [0.25, 0.3) is 74.0 Å². The average molecular weight is 651 g/mol. The van der Waals surface area contributed by atoms with Gasteiger partial charge in [-0.3, -0.25) is 0 Å². The number of furan rings is 1. The van der Waals surface area contributed by atoms with Crippen molar-refractivity contribution in [2.45, 2.75) is 0 Å². The molecular formula is C43H26N2OS2. The lowest BCUT2D eigenvalue weighted by atomic mass is 10.0. The number of anilines is 3. The summed E-state index contributed by atoms with van der Waals surface area (Å²) in [6, 6.07) is 56.1. The molecule has 0 spiro atoms. The van der Waals surface area contributed by atoms with E-state index in [1.54, 1.807) is 11.3 Å². The van der Waals surface area contributed by atoms with Gasteiger partial charge < -0.3 is 9.32 Å². The van der Waals surface area contributed by atoms with Crippen molar-refractivity contribution in [3.05, 3.63) is 158 Å². The highest BCUT2D eigenvalue weighted by atomic mass is 32.1. The van der Waals surface area contributed by atoms with Crippen LogP contribution < -0.4 is 4.90 Å². The molecule has 0 amide bonds. The van der Waals surface area contributed by atoms with Crippen LogP contribution in [0.5, 0.6) is 0 Å². The number of hydrogen-bond donors (Lipinski definition) is 0. The minimum absolute atomic E-state index is 0.865. The van der Waals surface area contributed by atoms with Crippen molar-refractivity contribution in [2.75, 3.05) is 4.90 Å². The van der Waals surface area contributed by atoms with E-state index < -0.39 is 0 Å². The van der Waals surface area contributed by atoms with Crippen molar-refractivity contribution < 1.29 is 4.42 Å². The number of nitrogens with zero attached hydrogens (tertiary/aromatic N) is 2. The van der Waals surface area contributed by atoms with E-state index in [1.807, 2.05) is 17.4 Å². The molecule has 0 aliphatic heterocycles. The van der Waals surface area contributed by atoms with E-state index in [0.29, 0.717) is 0 Å². The zero-order valence-corrected chi connectivity index (χ0v) is 27.3. The molecule has 0 unspecified atom stereocenters. The summed E-state index contributed by atoms with van der Waals surface area (Å²) in [5.41, 5.74) is 9.54. The molecule has 0 saturated carbocycles. The lowest BCUT2D eigenvalue weighted by Gasteiger charge is -2.25. The van der Waals surface area contributed by atoms with E-state index in [0.717, 1.165) is 70.9 Å². The maximum Gasteiger partial charge on any atom is 0.137 e. The molecule has 5 heteroatoms. The predicted molar refractivity (Wildman–Crippen MR) is 205 cm³/mol. The molecule has 3 nitrogen and oxygen atoms in total. The molecule has 3 aromatic heterocycles. The first-order chi connectivity index (χ1) is 23.8. The molecule has 48 heavy (non-hydrogen) atoms. The van der Waals surface area contributed by atoms with E-state index in [9.17, 15) is 0 Å². The number of rotatable bonds is 5. The quantitative estimate of drug-likeness (QED) is 0.186. The van der Waals surface area contributed by atoms with Crippen LogP contribution in [0.3, 0.4) is 0 Å². The van der Waals surface area contributed by atoms with Crippen molar-refractivity contribution in [1.29, 1.82) is 0 Å². The number of hydrogen-bond acceptors (Lipinski definition) is 5. The number of thiophene rings is 1. The lowest BCUT2D eigenvalue weighted by Crippen LogP contribution is -2.09. The van der Waals surface area contributed by atoms with Crippen LogP contribution in [-0.4, -0.2) is 4.98 Å². The van der Waals surface area contributed by atoms with Gasteiger partial charge in [-0.25, -0.2) is 4.98 Å². The number of benzene rings is 7. The molecule has 0 fully saturated rings. The molecule has 0 radical (unpaired) electrons. The smallest absolute Gasteiger partial charge is 0.137 e. The second kappa shape index (κ2) is 10.9. The summed E-state index contributed by atoms with van der Waals surface area (Å²) in [6.45, 7) is 0. The molecule has 3 heterocycles. The molecule has 7 aromatic carbocycles. The van der Waals surface area contributed by atoms with E-state index in [-0.39, 0.29) is 0 Å². The van der Waals surface area contributed by atoms with Gasteiger partial charge in [0.05, 0.1) is 15.6 Å². The molecular weight excluding hydrogens is 625 g/mol. The fourth-order valence-corrected chi connectivity index (χ4v) is 8.94. The molecule has 0 aliphatic carbocycles. The number of thiazole rings is 1. The van der Waals surface area contributed by atoms with Crippen LogP contribution >= 0.6 is 22.7 Å². The summed E-state index contributed by atoms with van der Waals surface area (Å²) < 4.78 is 10.1. The summed E-state index contributed by atoms with van der Waals surface area (Å²) in [7, 11) is 0. The van der Waals surface area contributed by atoms with Gasteiger partial charge in [-0.1, -0.05) is 91.0 Å². The van der Waals surface area contributed by atoms with Crippen molar-refractivity contribution in [2.24, 2.45) is 0 Å². The monoisotopic (exact) mass is 650 g/mol. The van der Waals surface area contributed by atoms with Gasteiger partial charge in [0.25, 0.3) is 0 Å². The Morgan fingerprint density at radius 3 is 1.98 bits per heavy atom. The van der Waals surface area contributed by atoms with Crippen LogP contribution in [0.1, 0.15) is 0 Å². The highest BCUT2D eigenvalue weighted by molar-refractivity contribution is 7.25. The van der Waals surface area contributed by atoms with Crippen molar-refractivity contribution in [3.8, 4) is 21.7 Å². The third-order valence-corrected chi connectivity index (χ3v) is 11.3. The van der Waals surface area contributed by atoms with Crippen LogP contribution in [0.2, 0.25) is 0 Å². The molecule has 0 bridgehead atoms. The minimum Gasteiger partial charge on any atom is -0.456 e. The zero-order chi connectivity index (χ0) is 31.6. The Kier molecular flexibility index (Phi) is 6.22. The topological polar surface area (TPSA) is 29.3 Å². The highest BCUT2D eigenvalue weighted by Crippen LogP contribution is 2.42. The van der Waals surface area contributed by atoms with Crippen LogP contribution in [0.15, 0.2) is 162 Å². The summed E-state index contributed by atoms with van der Waals surface area (Å²) in [4.78, 5) is 7.45. The molecule has 10 aromatic rings. The summed E-state index contributed by atoms with van der Waals surface area (Å²) in [6.07, 6.45) is 0. The largest absolute Gasteiger partial charge is 0.456 e. The number of fused-ring (bicyclic) bond motifs is 8. The van der Waals surface area contributed by atoms with Crippen LogP contribution in [-0.2, 0) is 0 Å². The van der Waals surface area contributed by atoms with Gasteiger partial charge in [-0.05, 0) is 77.9 Å². The molecule has 0 saturated heterocycles. The Balaban J connectivity index is 1.06. The Bertz CT molecular complexity index is 2780. The van der Waals surface area contributed by atoms with Gasteiger partial charge >= 0.3 is 0 Å². The maximum atomic E-state index is 6.32. The number of para-hydroxylation sites is 1.